The van der Waals surface area contributed by atoms with Crippen LogP contribution in [0.1, 0.15) is 31.2 Å². The van der Waals surface area contributed by atoms with Crippen molar-refractivity contribution in [3.63, 3.8) is 0 Å². The fraction of sp³-hybridized carbons (Fsp3) is 0.476. The maximum atomic E-state index is 13.5. The number of rotatable bonds is 7. The number of thioether (sulfide) groups is 1. The summed E-state index contributed by atoms with van der Waals surface area (Å²) in [5.41, 5.74) is 0.681. The first-order chi connectivity index (χ1) is 15.1. The van der Waals surface area contributed by atoms with Gasteiger partial charge in [0.15, 0.2) is 6.61 Å². The van der Waals surface area contributed by atoms with E-state index in [0.29, 0.717) is 11.4 Å². The van der Waals surface area contributed by atoms with Crippen LogP contribution in [0, 0.1) is 23.6 Å². The highest BCUT2D eigenvalue weighted by Gasteiger charge is 2.29. The van der Waals surface area contributed by atoms with Gasteiger partial charge < -0.3 is 9.47 Å². The quantitative estimate of drug-likeness (QED) is 0.469. The van der Waals surface area contributed by atoms with Crippen LogP contribution in [0.3, 0.4) is 0 Å². The van der Waals surface area contributed by atoms with E-state index >= 15 is 0 Å². The maximum absolute atomic E-state index is 13.5. The van der Waals surface area contributed by atoms with Crippen molar-refractivity contribution in [2.45, 2.75) is 39.5 Å². The smallest absolute Gasteiger partial charge is 0.422 e. The zero-order chi connectivity index (χ0) is 23.4. The van der Waals surface area contributed by atoms with Crippen molar-refractivity contribution in [1.82, 2.24) is 9.66 Å². The van der Waals surface area contributed by atoms with Crippen molar-refractivity contribution in [3.05, 3.63) is 47.1 Å². The summed E-state index contributed by atoms with van der Waals surface area (Å²) < 4.78 is 62.8. The Morgan fingerprint density at radius 2 is 1.97 bits per heavy atom. The summed E-state index contributed by atoms with van der Waals surface area (Å²) in [6, 6.07) is 3.92. The Morgan fingerprint density at radius 3 is 2.66 bits per heavy atom. The van der Waals surface area contributed by atoms with Crippen LogP contribution in [0.25, 0.3) is 0 Å². The van der Waals surface area contributed by atoms with E-state index in [0.717, 1.165) is 36.6 Å². The van der Waals surface area contributed by atoms with Crippen molar-refractivity contribution in [2.75, 3.05) is 18.1 Å². The minimum atomic E-state index is -4.57. The van der Waals surface area contributed by atoms with Gasteiger partial charge in [-0.3, -0.25) is 10.4 Å². The van der Waals surface area contributed by atoms with E-state index in [9.17, 15) is 17.6 Å². The van der Waals surface area contributed by atoms with E-state index in [1.165, 1.54) is 10.7 Å². The lowest BCUT2D eigenvalue weighted by Gasteiger charge is -2.29. The summed E-state index contributed by atoms with van der Waals surface area (Å²) in [5.74, 6) is 1.34. The first-order valence-electron chi connectivity index (χ1n) is 9.94. The monoisotopic (exact) mass is 472 g/mol. The number of alkyl halides is 3. The first-order valence-corrected chi connectivity index (χ1v) is 11.1. The molecule has 0 aromatic carbocycles. The molecule has 3 heterocycles. The Hall–Kier alpha value is -2.56. The Balaban J connectivity index is 1.78. The van der Waals surface area contributed by atoms with Crippen LogP contribution in [0.15, 0.2) is 29.5 Å². The molecular formula is C21H24F4N4O2S. The fourth-order valence-electron chi connectivity index (χ4n) is 3.08. The molecule has 2 aromatic rings. The van der Waals surface area contributed by atoms with Crippen LogP contribution in [0.2, 0.25) is 0 Å². The van der Waals surface area contributed by atoms with E-state index in [2.05, 4.69) is 17.0 Å². The predicted molar refractivity (Wildman–Crippen MR) is 114 cm³/mol. The third-order valence-electron chi connectivity index (χ3n) is 5.07. The van der Waals surface area contributed by atoms with Crippen molar-refractivity contribution >= 4 is 18.0 Å². The molecule has 32 heavy (non-hydrogen) atoms. The lowest BCUT2D eigenvalue weighted by Crippen LogP contribution is -2.26. The summed E-state index contributed by atoms with van der Waals surface area (Å²) >= 11 is 1.91. The predicted octanol–water partition coefficient (Wildman–Crippen LogP) is 4.70. The molecule has 3 rings (SSSR count). The number of hydrogen-bond donors (Lipinski definition) is 1. The number of ether oxygens (including phenoxy) is 2. The van der Waals surface area contributed by atoms with Gasteiger partial charge in [0.1, 0.15) is 35.1 Å². The van der Waals surface area contributed by atoms with E-state index in [1.807, 2.05) is 18.0 Å². The molecule has 0 atom stereocenters. The molecule has 1 N–H and O–H groups in total. The molecule has 0 spiro atoms. The minimum absolute atomic E-state index is 0.0206. The van der Waals surface area contributed by atoms with Gasteiger partial charge in [0.2, 0.25) is 0 Å². The van der Waals surface area contributed by atoms with Crippen LogP contribution in [-0.4, -0.2) is 40.2 Å². The van der Waals surface area contributed by atoms with Crippen LogP contribution >= 0.6 is 11.8 Å². The summed E-state index contributed by atoms with van der Waals surface area (Å²) in [6.45, 7) is 2.05. The van der Waals surface area contributed by atoms with Crippen LogP contribution in [-0.2, 0) is 6.61 Å². The fourth-order valence-corrected chi connectivity index (χ4v) is 4.51. The van der Waals surface area contributed by atoms with Gasteiger partial charge in [-0.15, -0.1) is 0 Å². The van der Waals surface area contributed by atoms with Crippen molar-refractivity contribution in [3.8, 4) is 11.5 Å². The average Bonchev–Trinajstić information content (AvgIpc) is 2.72. The second-order valence-corrected chi connectivity index (χ2v) is 9.01. The van der Waals surface area contributed by atoms with E-state index in [1.54, 1.807) is 13.0 Å². The maximum Gasteiger partial charge on any atom is 0.422 e. The van der Waals surface area contributed by atoms with Gasteiger partial charge in [-0.05, 0) is 43.4 Å². The molecule has 0 unspecified atom stereocenters. The zero-order valence-electron chi connectivity index (χ0n) is 17.7. The molecule has 2 aromatic heterocycles. The summed E-state index contributed by atoms with van der Waals surface area (Å²) in [5, 5.41) is 12.7. The average molecular weight is 473 g/mol. The molecule has 0 radical (unpaired) electrons. The van der Waals surface area contributed by atoms with Crippen LogP contribution in [0.4, 0.5) is 17.6 Å². The molecule has 1 aliphatic heterocycles. The number of hydrogen-bond acceptors (Lipinski definition) is 6. The Bertz CT molecular complexity index is 1030. The SMILES string of the molecule is Cc1c(OCc2ncc(F)cc2OCC(F)(F)F)ccc(=N)n1/N=C/C1(C)CCSCC1. The Morgan fingerprint density at radius 1 is 1.25 bits per heavy atom. The van der Waals surface area contributed by atoms with E-state index < -0.39 is 18.6 Å². The second kappa shape index (κ2) is 9.93. The van der Waals surface area contributed by atoms with Crippen molar-refractivity contribution in [1.29, 1.82) is 5.41 Å². The molecule has 1 fully saturated rings. The topological polar surface area (TPSA) is 72.5 Å². The van der Waals surface area contributed by atoms with Crippen LogP contribution in [0.5, 0.6) is 11.5 Å². The lowest BCUT2D eigenvalue weighted by atomic mass is 9.86. The molecule has 11 heteroatoms. The van der Waals surface area contributed by atoms with E-state index in [4.69, 9.17) is 14.9 Å². The largest absolute Gasteiger partial charge is 0.485 e. The van der Waals surface area contributed by atoms with Crippen molar-refractivity contribution < 1.29 is 27.0 Å². The van der Waals surface area contributed by atoms with Gasteiger partial charge in [0, 0.05) is 17.7 Å². The molecular weight excluding hydrogens is 448 g/mol. The molecule has 0 amide bonds. The van der Waals surface area contributed by atoms with E-state index in [-0.39, 0.29) is 29.0 Å². The number of aromatic nitrogens is 2. The van der Waals surface area contributed by atoms with Gasteiger partial charge in [-0.1, -0.05) is 6.92 Å². The van der Waals surface area contributed by atoms with Gasteiger partial charge in [0.05, 0.1) is 11.9 Å². The molecule has 174 valence electrons. The standard InChI is InChI=1S/C21H24F4N4O2S/c1-14-17(3-4-19(26)29(14)28-12-20(2)5-7-32-8-6-20)30-11-16-18(9-15(22)10-27-16)31-13-21(23,24)25/h3-4,9-10,12,26H,5-8,11,13H2,1-2H3/b26-19?,28-12+. The zero-order valence-corrected chi connectivity index (χ0v) is 18.5. The van der Waals surface area contributed by atoms with Gasteiger partial charge in [-0.2, -0.15) is 30.0 Å². The highest BCUT2D eigenvalue weighted by Crippen LogP contribution is 2.32. The molecule has 0 saturated carbocycles. The summed E-state index contributed by atoms with van der Waals surface area (Å²) in [6.07, 6.45) is 0.184. The number of nitrogens with one attached hydrogen (secondary N) is 1. The second-order valence-electron chi connectivity index (χ2n) is 7.78. The molecule has 0 aliphatic carbocycles. The van der Waals surface area contributed by atoms with Crippen LogP contribution < -0.4 is 15.0 Å². The highest BCUT2D eigenvalue weighted by molar-refractivity contribution is 7.99. The molecule has 0 bridgehead atoms. The summed E-state index contributed by atoms with van der Waals surface area (Å²) in [4.78, 5) is 3.80. The van der Waals surface area contributed by atoms with Gasteiger partial charge in [-0.25, -0.2) is 9.07 Å². The molecule has 6 nitrogen and oxygen atoms in total. The first kappa shape index (κ1) is 24.1. The number of pyridine rings is 2. The third-order valence-corrected chi connectivity index (χ3v) is 6.05. The van der Waals surface area contributed by atoms with Gasteiger partial charge in [0.25, 0.3) is 0 Å². The lowest BCUT2D eigenvalue weighted by molar-refractivity contribution is -0.153. The molecule has 1 aliphatic rings. The normalized spacial score (nSPS) is 16.3. The van der Waals surface area contributed by atoms with Gasteiger partial charge >= 0.3 is 6.18 Å². The third kappa shape index (κ3) is 6.47. The van der Waals surface area contributed by atoms with Crippen molar-refractivity contribution in [2.24, 2.45) is 10.5 Å². The number of nitrogens with zero attached hydrogens (tertiary/aromatic N) is 3. The summed E-state index contributed by atoms with van der Waals surface area (Å²) in [7, 11) is 0. The Kier molecular flexibility index (Phi) is 7.47. The molecule has 1 saturated heterocycles. The highest BCUT2D eigenvalue weighted by atomic mass is 32.2. The minimum Gasteiger partial charge on any atom is -0.485 e. The Labute approximate surface area is 187 Å². The number of halogens is 4.